The van der Waals surface area contributed by atoms with Crippen molar-refractivity contribution in [1.29, 1.82) is 0 Å². The molecule has 0 saturated carbocycles. The lowest BCUT2D eigenvalue weighted by Crippen LogP contribution is -2.24. The smallest absolute Gasteiger partial charge is 0.328 e. The van der Waals surface area contributed by atoms with E-state index >= 15 is 0 Å². The van der Waals surface area contributed by atoms with Crippen LogP contribution in [0.25, 0.3) is 11.2 Å². The summed E-state index contributed by atoms with van der Waals surface area (Å²) in [7, 11) is 3.60. The Kier molecular flexibility index (Phi) is 9.07. The number of anilines is 1. The highest BCUT2D eigenvalue weighted by molar-refractivity contribution is 5.81. The van der Waals surface area contributed by atoms with E-state index in [-0.39, 0.29) is 24.1 Å². The van der Waals surface area contributed by atoms with Crippen LogP contribution >= 0.6 is 0 Å². The van der Waals surface area contributed by atoms with Crippen molar-refractivity contribution in [2.24, 2.45) is 0 Å². The van der Waals surface area contributed by atoms with Crippen molar-refractivity contribution >= 4 is 23.3 Å². The highest BCUT2D eigenvalue weighted by atomic mass is 16.5. The van der Waals surface area contributed by atoms with Gasteiger partial charge in [0.1, 0.15) is 30.8 Å². The Balaban J connectivity index is 1.34. The number of imidazole rings is 1. The maximum Gasteiger partial charge on any atom is 0.328 e. The third kappa shape index (κ3) is 6.96. The first-order valence-electron chi connectivity index (χ1n) is 12.3. The van der Waals surface area contributed by atoms with Crippen molar-refractivity contribution in [3.63, 3.8) is 0 Å². The lowest BCUT2D eigenvalue weighted by atomic mass is 10.1. The van der Waals surface area contributed by atoms with Gasteiger partial charge in [-0.25, -0.2) is 4.79 Å². The van der Waals surface area contributed by atoms with E-state index in [9.17, 15) is 9.59 Å². The number of nitrogens with one attached hydrogen (secondary N) is 1. The van der Waals surface area contributed by atoms with Gasteiger partial charge in [0.15, 0.2) is 11.5 Å². The number of aldehydes is 1. The van der Waals surface area contributed by atoms with E-state index in [1.54, 1.807) is 7.11 Å². The van der Waals surface area contributed by atoms with Crippen LogP contribution in [0.3, 0.4) is 0 Å². The first-order chi connectivity index (χ1) is 18.5. The number of H-pyrrole nitrogens is 1. The molecule has 0 saturated heterocycles. The first kappa shape index (κ1) is 26.8. The second-order valence-electron chi connectivity index (χ2n) is 8.87. The molecule has 4 rings (SSSR count). The summed E-state index contributed by atoms with van der Waals surface area (Å²) < 4.78 is 17.8. The molecule has 11 heteroatoms. The summed E-state index contributed by atoms with van der Waals surface area (Å²) in [6.07, 6.45) is 1.27. The van der Waals surface area contributed by atoms with Crippen LogP contribution in [-0.4, -0.2) is 71.2 Å². The monoisotopic (exact) mass is 520 g/mol. The molecule has 4 aromatic rings. The average Bonchev–Trinajstić information content (AvgIpc) is 3.21. The molecule has 2 aromatic heterocycles. The molecule has 0 radical (unpaired) electrons. The lowest BCUT2D eigenvalue weighted by molar-refractivity contribution is -0.107. The quantitative estimate of drug-likeness (QED) is 0.189. The average molecular weight is 521 g/mol. The number of rotatable bonds is 14. The number of nitrogens with two attached hydrogens (primary N) is 1. The van der Waals surface area contributed by atoms with Gasteiger partial charge in [-0.1, -0.05) is 36.4 Å². The topological polar surface area (TPSA) is 138 Å². The standard InChI is InChI=1S/C27H32N6O5/c1-32(11-13-37-22-5-3-4-19(16-22)10-12-34)17-20-6-8-21(9-7-20)18-33-25-23(29-27(33)35)24(28)30-26(31-25)38-15-14-36-2/h3-9,12,16H,10-11,13-15,17-18H2,1-2H3,(H,29,35)(H2,28,30,31). The van der Waals surface area contributed by atoms with Crippen molar-refractivity contribution < 1.29 is 19.0 Å². The van der Waals surface area contributed by atoms with Crippen LogP contribution in [-0.2, 0) is 29.0 Å². The molecule has 0 aliphatic rings. The number of carbonyl (C=O) groups excluding carboxylic acids is 1. The molecule has 0 aliphatic carbocycles. The number of hydrogen-bond donors (Lipinski definition) is 2. The van der Waals surface area contributed by atoms with E-state index in [1.165, 1.54) is 4.57 Å². The molecule has 0 fully saturated rings. The number of hydrogen-bond acceptors (Lipinski definition) is 9. The molecule has 3 N–H and O–H groups in total. The normalized spacial score (nSPS) is 11.2. The van der Waals surface area contributed by atoms with E-state index in [0.717, 1.165) is 41.8 Å². The molecule has 0 spiro atoms. The van der Waals surface area contributed by atoms with Crippen LogP contribution < -0.4 is 20.9 Å². The van der Waals surface area contributed by atoms with Crippen LogP contribution in [0.4, 0.5) is 5.82 Å². The fourth-order valence-electron chi connectivity index (χ4n) is 3.96. The van der Waals surface area contributed by atoms with Gasteiger partial charge in [-0.15, -0.1) is 0 Å². The molecule has 200 valence electrons. The fourth-order valence-corrected chi connectivity index (χ4v) is 3.96. The molecular weight excluding hydrogens is 488 g/mol. The van der Waals surface area contributed by atoms with E-state index in [4.69, 9.17) is 19.9 Å². The van der Waals surface area contributed by atoms with Crippen LogP contribution in [0.1, 0.15) is 16.7 Å². The number of nitrogens with zero attached hydrogens (tertiary/aromatic N) is 4. The fraction of sp³-hybridized carbons (Fsp3) is 0.333. The second kappa shape index (κ2) is 12.8. The zero-order chi connectivity index (χ0) is 26.9. The van der Waals surface area contributed by atoms with Gasteiger partial charge in [0.25, 0.3) is 0 Å². The minimum atomic E-state index is -0.324. The van der Waals surface area contributed by atoms with Gasteiger partial charge in [0.2, 0.25) is 0 Å². The van der Waals surface area contributed by atoms with Gasteiger partial charge in [-0.3, -0.25) is 9.47 Å². The zero-order valence-corrected chi connectivity index (χ0v) is 21.6. The number of nitrogen functional groups attached to an aromatic ring is 1. The molecule has 0 aliphatic heterocycles. The molecule has 0 amide bonds. The van der Waals surface area contributed by atoms with Gasteiger partial charge in [0, 0.05) is 26.6 Å². The number of ether oxygens (including phenoxy) is 3. The third-order valence-corrected chi connectivity index (χ3v) is 5.92. The summed E-state index contributed by atoms with van der Waals surface area (Å²) in [6, 6.07) is 15.7. The number of aromatic amines is 1. The molecule has 2 heterocycles. The van der Waals surface area contributed by atoms with Crippen LogP contribution in [0.5, 0.6) is 11.8 Å². The largest absolute Gasteiger partial charge is 0.492 e. The van der Waals surface area contributed by atoms with Gasteiger partial charge < -0.3 is 29.7 Å². The van der Waals surface area contributed by atoms with Crippen LogP contribution in [0.15, 0.2) is 53.3 Å². The van der Waals surface area contributed by atoms with Gasteiger partial charge in [-0.05, 0) is 35.9 Å². The molecule has 2 aromatic carbocycles. The van der Waals surface area contributed by atoms with Crippen LogP contribution in [0, 0.1) is 0 Å². The SMILES string of the molecule is COCCOc1nc(N)c2[nH]c(=O)n(Cc3ccc(CN(C)CCOc4cccc(CC=O)c4)cc3)c2n1. The van der Waals surface area contributed by atoms with Crippen molar-refractivity contribution in [1.82, 2.24) is 24.4 Å². The lowest BCUT2D eigenvalue weighted by Gasteiger charge is -2.17. The number of methoxy groups -OCH3 is 1. The number of likely N-dealkylation sites (N-methyl/N-ethyl adjacent to an activating group) is 1. The van der Waals surface area contributed by atoms with Crippen LogP contribution in [0.2, 0.25) is 0 Å². The molecule has 11 nitrogen and oxygen atoms in total. The van der Waals surface area contributed by atoms with Crippen molar-refractivity contribution in [3.05, 3.63) is 75.7 Å². The minimum absolute atomic E-state index is 0.0934. The zero-order valence-electron chi connectivity index (χ0n) is 21.6. The number of benzene rings is 2. The highest BCUT2D eigenvalue weighted by Crippen LogP contribution is 2.19. The van der Waals surface area contributed by atoms with E-state index in [0.29, 0.717) is 37.3 Å². The number of fused-ring (bicyclic) bond motifs is 1. The van der Waals surface area contributed by atoms with Gasteiger partial charge in [-0.2, -0.15) is 9.97 Å². The highest BCUT2D eigenvalue weighted by Gasteiger charge is 2.15. The Morgan fingerprint density at radius 3 is 2.58 bits per heavy atom. The van der Waals surface area contributed by atoms with E-state index in [1.807, 2.05) is 55.6 Å². The summed E-state index contributed by atoms with van der Waals surface area (Å²) >= 11 is 0. The second-order valence-corrected chi connectivity index (χ2v) is 8.87. The summed E-state index contributed by atoms with van der Waals surface area (Å²) in [5, 5.41) is 0. The molecule has 38 heavy (non-hydrogen) atoms. The van der Waals surface area contributed by atoms with Gasteiger partial charge >= 0.3 is 11.7 Å². The van der Waals surface area contributed by atoms with Crippen molar-refractivity contribution in [2.45, 2.75) is 19.5 Å². The maximum absolute atomic E-state index is 12.6. The Hall–Kier alpha value is -4.22. The minimum Gasteiger partial charge on any atom is -0.492 e. The molecule has 0 bridgehead atoms. The Morgan fingerprint density at radius 2 is 1.82 bits per heavy atom. The summed E-state index contributed by atoms with van der Waals surface area (Å²) in [4.78, 5) is 36.7. The summed E-state index contributed by atoms with van der Waals surface area (Å²) in [5.41, 5.74) is 9.47. The van der Waals surface area contributed by atoms with Gasteiger partial charge in [0.05, 0.1) is 13.2 Å². The maximum atomic E-state index is 12.6. The third-order valence-electron chi connectivity index (χ3n) is 5.92. The first-order valence-corrected chi connectivity index (χ1v) is 12.3. The predicted molar refractivity (Wildman–Crippen MR) is 144 cm³/mol. The molecular formula is C27H32N6O5. The Morgan fingerprint density at radius 1 is 1.03 bits per heavy atom. The van der Waals surface area contributed by atoms with Crippen molar-refractivity contribution in [3.8, 4) is 11.8 Å². The molecule has 0 unspecified atom stereocenters. The molecule has 0 atom stereocenters. The van der Waals surface area contributed by atoms with E-state index in [2.05, 4.69) is 19.9 Å². The Labute approximate surface area is 220 Å². The summed E-state index contributed by atoms with van der Waals surface area (Å²) in [5.74, 6) is 0.907. The summed E-state index contributed by atoms with van der Waals surface area (Å²) in [6.45, 7) is 2.98. The Bertz CT molecular complexity index is 1420. The number of carbonyl (C=O) groups is 1. The number of aromatic nitrogens is 4. The van der Waals surface area contributed by atoms with E-state index < -0.39 is 0 Å². The van der Waals surface area contributed by atoms with Crippen molar-refractivity contribution in [2.75, 3.05) is 46.3 Å². The predicted octanol–water partition coefficient (Wildman–Crippen LogP) is 2.03.